The fourth-order valence-corrected chi connectivity index (χ4v) is 1.83. The molecule has 1 N–H and O–H groups in total. The molecular formula is C9H21NO4S. The van der Waals surface area contributed by atoms with Crippen LogP contribution in [0.4, 0.5) is 0 Å². The first kappa shape index (κ1) is 14.8. The van der Waals surface area contributed by atoms with E-state index in [1.54, 1.807) is 19.0 Å². The molecule has 1 atom stereocenters. The van der Waals surface area contributed by atoms with Crippen LogP contribution in [-0.2, 0) is 14.6 Å². The van der Waals surface area contributed by atoms with Gasteiger partial charge in [-0.15, -0.1) is 0 Å². The third-order valence-electron chi connectivity index (χ3n) is 2.11. The molecule has 0 saturated carbocycles. The lowest BCUT2D eigenvalue weighted by Gasteiger charge is -2.22. The van der Waals surface area contributed by atoms with E-state index in [2.05, 4.69) is 11.1 Å². The average Bonchev–Trinajstić information content (AvgIpc) is 2.08. The highest BCUT2D eigenvalue weighted by Crippen LogP contribution is 2.11. The third kappa shape index (κ3) is 8.80. The van der Waals surface area contributed by atoms with Crippen LogP contribution in [0.1, 0.15) is 39.0 Å². The average molecular weight is 239 g/mol. The van der Waals surface area contributed by atoms with Gasteiger partial charge in [0.25, 0.3) is 0 Å². The lowest BCUT2D eigenvalue weighted by molar-refractivity contribution is 0.0494. The molecule has 0 aromatic rings. The smallest absolute Gasteiger partial charge is 0.283 e. The number of hydrogen-bond acceptors (Lipinski definition) is 4. The van der Waals surface area contributed by atoms with Gasteiger partial charge in [-0.2, -0.15) is 8.42 Å². The molecule has 0 amide bonds. The van der Waals surface area contributed by atoms with Crippen molar-refractivity contribution in [1.82, 2.24) is 4.90 Å². The Balaban J connectivity index is 3.95. The molecule has 0 radical (unpaired) electrons. The van der Waals surface area contributed by atoms with Crippen LogP contribution in [0.3, 0.4) is 0 Å². The zero-order valence-corrected chi connectivity index (χ0v) is 10.5. The van der Waals surface area contributed by atoms with Gasteiger partial charge in [0.05, 0.1) is 0 Å². The molecule has 0 aliphatic rings. The number of unbranched alkanes of at least 4 members (excludes halogenated alkanes) is 3. The normalized spacial score (nSPS) is 14.5. The van der Waals surface area contributed by atoms with E-state index >= 15 is 0 Å². The molecule has 0 aromatic carbocycles. The molecule has 0 aromatic heterocycles. The summed E-state index contributed by atoms with van der Waals surface area (Å²) in [5, 5.41) is 0. The third-order valence-corrected chi connectivity index (χ3v) is 2.58. The van der Waals surface area contributed by atoms with Crippen LogP contribution in [0, 0.1) is 0 Å². The second-order valence-electron chi connectivity index (χ2n) is 3.79. The van der Waals surface area contributed by atoms with E-state index in [1.807, 2.05) is 0 Å². The molecule has 0 aliphatic carbocycles. The van der Waals surface area contributed by atoms with Crippen molar-refractivity contribution in [3.63, 3.8) is 0 Å². The van der Waals surface area contributed by atoms with Crippen LogP contribution in [0.2, 0.25) is 0 Å². The van der Waals surface area contributed by atoms with Gasteiger partial charge >= 0.3 is 10.4 Å². The second-order valence-corrected chi connectivity index (χ2v) is 4.84. The van der Waals surface area contributed by atoms with Crippen molar-refractivity contribution >= 4 is 10.4 Å². The molecule has 0 fully saturated rings. The molecule has 0 saturated heterocycles. The molecular weight excluding hydrogens is 218 g/mol. The summed E-state index contributed by atoms with van der Waals surface area (Å²) in [6, 6.07) is 0. The van der Waals surface area contributed by atoms with Gasteiger partial charge in [-0.1, -0.05) is 26.2 Å². The molecule has 1 unspecified atom stereocenters. The van der Waals surface area contributed by atoms with Crippen LogP contribution in [0.15, 0.2) is 0 Å². The topological polar surface area (TPSA) is 66.8 Å². The van der Waals surface area contributed by atoms with Gasteiger partial charge in [0.15, 0.2) is 0 Å². The Labute approximate surface area is 92.4 Å². The van der Waals surface area contributed by atoms with Crippen LogP contribution >= 0.6 is 0 Å². The van der Waals surface area contributed by atoms with Crippen LogP contribution in [0.5, 0.6) is 0 Å². The lowest BCUT2D eigenvalue weighted by Crippen LogP contribution is -2.32. The highest BCUT2D eigenvalue weighted by molar-refractivity contribution is 7.80. The zero-order chi connectivity index (χ0) is 11.9. The van der Waals surface area contributed by atoms with Crippen molar-refractivity contribution in [1.29, 1.82) is 0 Å². The van der Waals surface area contributed by atoms with Gasteiger partial charge in [-0.05, 0) is 26.9 Å². The number of hydrogen-bond donors (Lipinski definition) is 1. The molecule has 6 heteroatoms. The number of rotatable bonds is 8. The predicted molar refractivity (Wildman–Crippen MR) is 58.9 cm³/mol. The van der Waals surface area contributed by atoms with Crippen LogP contribution < -0.4 is 0 Å². The first-order chi connectivity index (χ1) is 6.87. The maximum absolute atomic E-state index is 10.5. The molecule has 15 heavy (non-hydrogen) atoms. The molecule has 5 nitrogen and oxygen atoms in total. The predicted octanol–water partition coefficient (Wildman–Crippen LogP) is 1.66. The SMILES string of the molecule is CCCCCCC(OS(=O)(=O)O)N(C)C. The van der Waals surface area contributed by atoms with Crippen molar-refractivity contribution in [3.05, 3.63) is 0 Å². The van der Waals surface area contributed by atoms with Crippen LogP contribution in [0.25, 0.3) is 0 Å². The fraction of sp³-hybridized carbons (Fsp3) is 1.00. The lowest BCUT2D eigenvalue weighted by atomic mass is 10.1. The molecule has 92 valence electrons. The molecule has 0 aliphatic heterocycles. The van der Waals surface area contributed by atoms with Crippen molar-refractivity contribution in [3.8, 4) is 0 Å². The summed E-state index contributed by atoms with van der Waals surface area (Å²) < 4.78 is 34.2. The van der Waals surface area contributed by atoms with Gasteiger partial charge in [-0.25, -0.2) is 4.18 Å². The van der Waals surface area contributed by atoms with Gasteiger partial charge in [0, 0.05) is 0 Å². The van der Waals surface area contributed by atoms with Crippen molar-refractivity contribution in [2.75, 3.05) is 14.1 Å². The first-order valence-corrected chi connectivity index (χ1v) is 6.55. The van der Waals surface area contributed by atoms with E-state index in [9.17, 15) is 8.42 Å². The standard InChI is InChI=1S/C9H21NO4S/c1-4-5-6-7-8-9(10(2)3)14-15(11,12)13/h9H,4-8H2,1-3H3,(H,11,12,13). The molecule has 0 rings (SSSR count). The molecule has 0 bridgehead atoms. The van der Waals surface area contributed by atoms with Gasteiger partial charge in [0.1, 0.15) is 6.23 Å². The second kappa shape index (κ2) is 7.16. The van der Waals surface area contributed by atoms with Crippen molar-refractivity contribution < 1.29 is 17.2 Å². The highest BCUT2D eigenvalue weighted by atomic mass is 32.3. The minimum atomic E-state index is -4.35. The summed E-state index contributed by atoms with van der Waals surface area (Å²) in [6.45, 7) is 2.11. The van der Waals surface area contributed by atoms with E-state index in [0.29, 0.717) is 6.42 Å². The maximum Gasteiger partial charge on any atom is 0.398 e. The number of nitrogens with zero attached hydrogens (tertiary/aromatic N) is 1. The Hall–Kier alpha value is -0.170. The summed E-state index contributed by atoms with van der Waals surface area (Å²) >= 11 is 0. The largest absolute Gasteiger partial charge is 0.398 e. The molecule has 0 heterocycles. The summed E-state index contributed by atoms with van der Waals surface area (Å²) in [6.07, 6.45) is 4.24. The summed E-state index contributed by atoms with van der Waals surface area (Å²) in [5.74, 6) is 0. The summed E-state index contributed by atoms with van der Waals surface area (Å²) in [4.78, 5) is 1.64. The van der Waals surface area contributed by atoms with E-state index in [0.717, 1.165) is 25.7 Å². The monoisotopic (exact) mass is 239 g/mol. The van der Waals surface area contributed by atoms with Crippen molar-refractivity contribution in [2.24, 2.45) is 0 Å². The van der Waals surface area contributed by atoms with E-state index in [1.165, 1.54) is 0 Å². The Morgan fingerprint density at radius 2 is 1.87 bits per heavy atom. The van der Waals surface area contributed by atoms with Crippen LogP contribution in [-0.4, -0.2) is 38.2 Å². The molecule has 0 spiro atoms. The van der Waals surface area contributed by atoms with Gasteiger partial charge in [0.2, 0.25) is 0 Å². The minimum absolute atomic E-state index is 0.572. The van der Waals surface area contributed by atoms with Gasteiger partial charge in [-0.3, -0.25) is 9.45 Å². The fourth-order valence-electron chi connectivity index (χ4n) is 1.28. The first-order valence-electron chi connectivity index (χ1n) is 5.19. The summed E-state index contributed by atoms with van der Waals surface area (Å²) in [7, 11) is -0.917. The quantitative estimate of drug-likeness (QED) is 0.396. The van der Waals surface area contributed by atoms with Gasteiger partial charge < -0.3 is 0 Å². The summed E-state index contributed by atoms with van der Waals surface area (Å²) in [5.41, 5.74) is 0. The Bertz CT molecular complexity index is 251. The Morgan fingerprint density at radius 1 is 1.27 bits per heavy atom. The zero-order valence-electron chi connectivity index (χ0n) is 9.64. The van der Waals surface area contributed by atoms with Crippen molar-refractivity contribution in [2.45, 2.75) is 45.3 Å². The Kier molecular flexibility index (Phi) is 7.08. The van der Waals surface area contributed by atoms with E-state index < -0.39 is 16.6 Å². The Morgan fingerprint density at radius 3 is 2.27 bits per heavy atom. The van der Waals surface area contributed by atoms with E-state index in [4.69, 9.17) is 4.55 Å². The minimum Gasteiger partial charge on any atom is -0.283 e. The highest BCUT2D eigenvalue weighted by Gasteiger charge is 2.18. The van der Waals surface area contributed by atoms with E-state index in [-0.39, 0.29) is 0 Å². The maximum atomic E-state index is 10.5.